The molecule has 4 N–H and O–H groups in total. The Labute approximate surface area is 120 Å². The Morgan fingerprint density at radius 2 is 2.10 bits per heavy atom. The predicted molar refractivity (Wildman–Crippen MR) is 76.3 cm³/mol. The first-order valence-corrected chi connectivity index (χ1v) is 6.00. The molecule has 0 aliphatic carbocycles. The van der Waals surface area contributed by atoms with E-state index in [1.165, 1.54) is 12.3 Å². The minimum Gasteiger partial charge on any atom is -0.478 e. The summed E-state index contributed by atoms with van der Waals surface area (Å²) in [5.41, 5.74) is 1.49. The Balaban J connectivity index is 2.12. The van der Waals surface area contributed by atoms with Crippen molar-refractivity contribution in [2.24, 2.45) is 0 Å². The lowest BCUT2D eigenvalue weighted by Gasteiger charge is -2.07. The van der Waals surface area contributed by atoms with Gasteiger partial charge in [0.05, 0.1) is 17.3 Å². The van der Waals surface area contributed by atoms with Crippen molar-refractivity contribution in [1.29, 1.82) is 5.26 Å². The third kappa shape index (κ3) is 3.19. The van der Waals surface area contributed by atoms with Crippen molar-refractivity contribution in [3.05, 3.63) is 47.3 Å². The van der Waals surface area contributed by atoms with Crippen molar-refractivity contribution in [2.45, 2.75) is 6.92 Å². The van der Waals surface area contributed by atoms with Gasteiger partial charge in [-0.05, 0) is 25.1 Å². The lowest BCUT2D eigenvalue weighted by molar-refractivity contribution is 0.0697. The molecule has 0 radical (unpaired) electrons. The number of H-pyrrole nitrogens is 1. The number of aromatic carboxylic acids is 1. The number of nitrogens with zero attached hydrogens (tertiary/aromatic N) is 1. The summed E-state index contributed by atoms with van der Waals surface area (Å²) < 4.78 is 0. The number of aryl methyl sites for hydroxylation is 1. The van der Waals surface area contributed by atoms with Crippen molar-refractivity contribution in [1.82, 2.24) is 4.98 Å². The van der Waals surface area contributed by atoms with E-state index in [4.69, 9.17) is 10.4 Å². The van der Waals surface area contributed by atoms with Crippen molar-refractivity contribution in [3.8, 4) is 6.07 Å². The van der Waals surface area contributed by atoms with E-state index in [-0.39, 0.29) is 11.3 Å². The number of nitrogens with one attached hydrogen (secondary N) is 3. The van der Waals surface area contributed by atoms with E-state index in [2.05, 4.69) is 15.6 Å². The number of nitriles is 1. The molecule has 2 aromatic rings. The number of carbonyl (C=O) groups is 2. The maximum absolute atomic E-state index is 11.9. The SMILES string of the molecule is Cc1[nH]cc(NC(=O)Nc2cccc(C#N)c2)c1C(=O)O. The molecule has 1 aromatic carbocycles. The molecule has 0 saturated heterocycles. The van der Waals surface area contributed by atoms with Gasteiger partial charge >= 0.3 is 12.0 Å². The molecule has 7 heteroatoms. The first-order chi connectivity index (χ1) is 10.0. The van der Waals surface area contributed by atoms with Crippen LogP contribution in [0.5, 0.6) is 0 Å². The van der Waals surface area contributed by atoms with Gasteiger partial charge in [-0.2, -0.15) is 5.26 Å². The largest absolute Gasteiger partial charge is 0.478 e. The van der Waals surface area contributed by atoms with Gasteiger partial charge < -0.3 is 20.7 Å². The molecule has 0 spiro atoms. The van der Waals surface area contributed by atoms with E-state index in [9.17, 15) is 9.59 Å². The van der Waals surface area contributed by atoms with Crippen molar-refractivity contribution < 1.29 is 14.7 Å². The highest BCUT2D eigenvalue weighted by molar-refractivity contribution is 6.05. The fourth-order valence-electron chi connectivity index (χ4n) is 1.85. The smallest absolute Gasteiger partial charge is 0.339 e. The van der Waals surface area contributed by atoms with Gasteiger partial charge in [0.15, 0.2) is 0 Å². The monoisotopic (exact) mass is 284 g/mol. The summed E-state index contributed by atoms with van der Waals surface area (Å²) in [6.45, 7) is 1.60. The number of anilines is 2. The summed E-state index contributed by atoms with van der Waals surface area (Å²) in [4.78, 5) is 25.7. The number of amides is 2. The highest BCUT2D eigenvalue weighted by Crippen LogP contribution is 2.19. The Kier molecular flexibility index (Phi) is 3.90. The maximum Gasteiger partial charge on any atom is 0.339 e. The molecule has 0 aliphatic rings. The number of benzene rings is 1. The molecular formula is C14H12N4O3. The van der Waals surface area contributed by atoms with E-state index in [0.717, 1.165) is 0 Å². The van der Waals surface area contributed by atoms with Crippen LogP contribution in [-0.2, 0) is 0 Å². The average Bonchev–Trinajstić information content (AvgIpc) is 2.79. The summed E-state index contributed by atoms with van der Waals surface area (Å²) in [5, 5.41) is 22.8. The number of aromatic nitrogens is 1. The number of carboxylic acids is 1. The van der Waals surface area contributed by atoms with E-state index >= 15 is 0 Å². The van der Waals surface area contributed by atoms with Gasteiger partial charge in [-0.25, -0.2) is 9.59 Å². The Hall–Kier alpha value is -3.27. The summed E-state index contributed by atoms with van der Waals surface area (Å²) in [5.74, 6) is -1.13. The van der Waals surface area contributed by atoms with E-state index in [1.54, 1.807) is 25.1 Å². The fourth-order valence-corrected chi connectivity index (χ4v) is 1.85. The minimum atomic E-state index is -1.13. The molecule has 0 aliphatic heterocycles. The van der Waals surface area contributed by atoms with Crippen LogP contribution >= 0.6 is 0 Å². The van der Waals surface area contributed by atoms with E-state index in [0.29, 0.717) is 16.9 Å². The standard InChI is InChI=1S/C14H12N4O3/c1-8-12(13(19)20)11(7-16-8)18-14(21)17-10-4-2-3-9(5-10)6-15/h2-5,7,16H,1H3,(H,19,20)(H2,17,18,21). The number of hydrogen-bond donors (Lipinski definition) is 4. The third-order valence-electron chi connectivity index (χ3n) is 2.79. The molecule has 0 fully saturated rings. The van der Waals surface area contributed by atoms with Crippen LogP contribution in [0.2, 0.25) is 0 Å². The van der Waals surface area contributed by atoms with Crippen LogP contribution < -0.4 is 10.6 Å². The third-order valence-corrected chi connectivity index (χ3v) is 2.79. The van der Waals surface area contributed by atoms with Gasteiger partial charge in [0.2, 0.25) is 0 Å². The molecule has 21 heavy (non-hydrogen) atoms. The van der Waals surface area contributed by atoms with Crippen LogP contribution in [0, 0.1) is 18.3 Å². The fraction of sp³-hybridized carbons (Fsp3) is 0.0714. The number of carboxylic acid groups (broad SMARTS) is 1. The van der Waals surface area contributed by atoms with Crippen molar-refractivity contribution >= 4 is 23.4 Å². The van der Waals surface area contributed by atoms with Crippen LogP contribution in [0.1, 0.15) is 21.6 Å². The summed E-state index contributed by atoms with van der Waals surface area (Å²) >= 11 is 0. The number of rotatable bonds is 3. The molecule has 0 unspecified atom stereocenters. The molecular weight excluding hydrogens is 272 g/mol. The molecule has 7 nitrogen and oxygen atoms in total. The van der Waals surface area contributed by atoms with Crippen molar-refractivity contribution in [3.63, 3.8) is 0 Å². The Bertz CT molecular complexity index is 743. The molecule has 106 valence electrons. The maximum atomic E-state index is 11.9. The van der Waals surface area contributed by atoms with Gasteiger partial charge in [-0.15, -0.1) is 0 Å². The van der Waals surface area contributed by atoms with E-state index in [1.807, 2.05) is 6.07 Å². The predicted octanol–water partition coefficient (Wildman–Crippen LogP) is 2.54. The second-order valence-corrected chi connectivity index (χ2v) is 4.28. The summed E-state index contributed by atoms with van der Waals surface area (Å²) in [6.07, 6.45) is 1.41. The van der Waals surface area contributed by atoms with Crippen LogP contribution in [0.15, 0.2) is 30.5 Å². The van der Waals surface area contributed by atoms with Crippen LogP contribution in [0.25, 0.3) is 0 Å². The lowest BCUT2D eigenvalue weighted by atomic mass is 10.2. The zero-order valence-corrected chi connectivity index (χ0v) is 11.1. The molecule has 1 heterocycles. The zero-order chi connectivity index (χ0) is 15.4. The molecule has 2 amide bonds. The average molecular weight is 284 g/mol. The van der Waals surface area contributed by atoms with Gasteiger partial charge in [-0.3, -0.25) is 0 Å². The highest BCUT2D eigenvalue weighted by Gasteiger charge is 2.17. The first-order valence-electron chi connectivity index (χ1n) is 6.00. The number of hydrogen-bond acceptors (Lipinski definition) is 3. The van der Waals surface area contributed by atoms with E-state index < -0.39 is 12.0 Å². The molecule has 0 bridgehead atoms. The van der Waals surface area contributed by atoms with Gasteiger partial charge in [0, 0.05) is 17.6 Å². The van der Waals surface area contributed by atoms with Gasteiger partial charge in [0.25, 0.3) is 0 Å². The second kappa shape index (κ2) is 5.79. The molecule has 0 atom stereocenters. The van der Waals surface area contributed by atoms with Gasteiger partial charge in [-0.1, -0.05) is 6.07 Å². The quantitative estimate of drug-likeness (QED) is 0.692. The highest BCUT2D eigenvalue weighted by atomic mass is 16.4. The lowest BCUT2D eigenvalue weighted by Crippen LogP contribution is -2.20. The Morgan fingerprint density at radius 1 is 1.33 bits per heavy atom. The number of urea groups is 1. The van der Waals surface area contributed by atoms with Crippen LogP contribution in [-0.4, -0.2) is 22.1 Å². The zero-order valence-electron chi connectivity index (χ0n) is 11.1. The normalized spacial score (nSPS) is 9.71. The van der Waals surface area contributed by atoms with Crippen LogP contribution in [0.4, 0.5) is 16.2 Å². The first kappa shape index (κ1) is 14.1. The van der Waals surface area contributed by atoms with Crippen LogP contribution in [0.3, 0.4) is 0 Å². The molecule has 0 saturated carbocycles. The Morgan fingerprint density at radius 3 is 2.76 bits per heavy atom. The number of carbonyl (C=O) groups excluding carboxylic acids is 1. The number of aromatic amines is 1. The molecule has 1 aromatic heterocycles. The summed E-state index contributed by atoms with van der Waals surface area (Å²) in [6, 6.07) is 7.76. The summed E-state index contributed by atoms with van der Waals surface area (Å²) in [7, 11) is 0. The van der Waals surface area contributed by atoms with Crippen molar-refractivity contribution in [2.75, 3.05) is 10.6 Å². The minimum absolute atomic E-state index is 0.0101. The second-order valence-electron chi connectivity index (χ2n) is 4.28. The molecule has 2 rings (SSSR count). The topological polar surface area (TPSA) is 118 Å². The van der Waals surface area contributed by atoms with Gasteiger partial charge in [0.1, 0.15) is 5.56 Å².